The zero-order chi connectivity index (χ0) is 9.42. The van der Waals surface area contributed by atoms with Gasteiger partial charge < -0.3 is 9.52 Å². The van der Waals surface area contributed by atoms with Crippen molar-refractivity contribution in [3.63, 3.8) is 0 Å². The summed E-state index contributed by atoms with van der Waals surface area (Å²) in [5, 5.41) is 9.99. The van der Waals surface area contributed by atoms with Crippen LogP contribution in [-0.4, -0.2) is 5.11 Å². The lowest BCUT2D eigenvalue weighted by molar-refractivity contribution is 0.473. The molecular weight excluding hydrogens is 170 g/mol. The number of phenolic OH excluding ortho intramolecular Hbond substituents is 1. The van der Waals surface area contributed by atoms with E-state index in [9.17, 15) is 4.79 Å². The molecule has 0 atom stereocenters. The first-order chi connectivity index (χ1) is 6.16. The lowest BCUT2D eigenvalue weighted by Crippen LogP contribution is -1.97. The van der Waals surface area contributed by atoms with E-state index in [0.29, 0.717) is 5.58 Å². The summed E-state index contributed by atoms with van der Waals surface area (Å²) in [7, 11) is 0. The molecular formula is C10H8O3. The quantitative estimate of drug-likeness (QED) is 0.626. The standard InChI is InChI=1S/C10H8O3/c1-6-4-10(12)13-9-5-7(11)2-3-8(6)9/h2-5,11H,1H3/i6+1,10+1. The molecule has 0 aliphatic heterocycles. The maximum absolute atomic E-state index is 11.0. The van der Waals surface area contributed by atoms with E-state index in [1.807, 2.05) is 6.92 Å². The molecule has 3 heteroatoms. The van der Waals surface area contributed by atoms with Crippen molar-refractivity contribution in [2.24, 2.45) is 0 Å². The van der Waals surface area contributed by atoms with Gasteiger partial charge in [-0.3, -0.25) is 0 Å². The lowest BCUT2D eigenvalue weighted by atomic mass is 10.2. The van der Waals surface area contributed by atoms with Crippen molar-refractivity contribution in [3.8, 4) is 5.75 Å². The molecule has 13 heavy (non-hydrogen) atoms. The van der Waals surface area contributed by atoms with Crippen molar-refractivity contribution < 1.29 is 9.52 Å². The third-order valence-electron chi connectivity index (χ3n) is 1.93. The van der Waals surface area contributed by atoms with Crippen LogP contribution in [-0.2, 0) is 0 Å². The van der Waals surface area contributed by atoms with E-state index >= 15 is 0 Å². The highest BCUT2D eigenvalue weighted by molar-refractivity contribution is 5.81. The average molecular weight is 178 g/mol. The lowest BCUT2D eigenvalue weighted by Gasteiger charge is -1.99. The molecule has 0 aliphatic rings. The van der Waals surface area contributed by atoms with Crippen LogP contribution in [0.3, 0.4) is 0 Å². The van der Waals surface area contributed by atoms with Crippen LogP contribution in [0.4, 0.5) is 0 Å². The smallest absolute Gasteiger partial charge is 0.336 e. The zero-order valence-electron chi connectivity index (χ0n) is 7.07. The van der Waals surface area contributed by atoms with Gasteiger partial charge in [0.2, 0.25) is 0 Å². The summed E-state index contributed by atoms with van der Waals surface area (Å²) in [5.74, 6) is 0.0984. The summed E-state index contributed by atoms with van der Waals surface area (Å²) in [6, 6.07) is 6.15. The minimum atomic E-state index is -0.393. The van der Waals surface area contributed by atoms with Crippen LogP contribution in [0.15, 0.2) is 33.5 Å². The first-order valence-electron chi connectivity index (χ1n) is 3.90. The number of hydrogen-bond donors (Lipinski definition) is 1. The molecule has 0 bridgehead atoms. The highest BCUT2D eigenvalue weighted by Crippen LogP contribution is 2.20. The number of aromatic hydroxyl groups is 1. The van der Waals surface area contributed by atoms with E-state index in [4.69, 9.17) is 9.52 Å². The summed E-state index contributed by atoms with van der Waals surface area (Å²) in [5.41, 5.74) is 0.881. The van der Waals surface area contributed by atoms with Gasteiger partial charge in [0, 0.05) is 17.5 Å². The predicted molar refractivity (Wildman–Crippen MR) is 48.9 cm³/mol. The fourth-order valence-electron chi connectivity index (χ4n) is 1.31. The van der Waals surface area contributed by atoms with Gasteiger partial charge in [-0.15, -0.1) is 0 Å². The first kappa shape index (κ1) is 7.86. The van der Waals surface area contributed by atoms with Gasteiger partial charge in [-0.25, -0.2) is 4.79 Å². The summed E-state index contributed by atoms with van der Waals surface area (Å²) in [6.07, 6.45) is 0. The minimum absolute atomic E-state index is 0.0984. The Labute approximate surface area is 74.2 Å². The second-order valence-corrected chi connectivity index (χ2v) is 2.93. The Kier molecular flexibility index (Phi) is 1.59. The molecule has 0 radical (unpaired) electrons. The zero-order valence-corrected chi connectivity index (χ0v) is 7.07. The van der Waals surface area contributed by atoms with E-state index in [-0.39, 0.29) is 5.75 Å². The highest BCUT2D eigenvalue weighted by atomic mass is 16.5. The van der Waals surface area contributed by atoms with Crippen molar-refractivity contribution in [3.05, 3.63) is 40.2 Å². The van der Waals surface area contributed by atoms with Crippen molar-refractivity contribution in [2.75, 3.05) is 0 Å². The van der Waals surface area contributed by atoms with Gasteiger partial charge in [-0.1, -0.05) is 0 Å². The molecule has 3 nitrogen and oxygen atoms in total. The molecule has 0 unspecified atom stereocenters. The predicted octanol–water partition coefficient (Wildman–Crippen LogP) is 1.81. The van der Waals surface area contributed by atoms with E-state index < -0.39 is 5.63 Å². The largest absolute Gasteiger partial charge is 0.508 e. The SMILES string of the molecule is C[13c]1c[13c](=O)oc2cc(O)ccc21. The number of phenols is 1. The fraction of sp³-hybridized carbons (Fsp3) is 0.100. The summed E-state index contributed by atoms with van der Waals surface area (Å²) >= 11 is 0. The summed E-state index contributed by atoms with van der Waals surface area (Å²) in [4.78, 5) is 11.0. The summed E-state index contributed by atoms with van der Waals surface area (Å²) < 4.78 is 4.91. The number of hydrogen-bond acceptors (Lipinski definition) is 3. The molecule has 1 N–H and O–H groups in total. The Bertz CT molecular complexity index is 511. The minimum Gasteiger partial charge on any atom is -0.508 e. The number of benzene rings is 1. The van der Waals surface area contributed by atoms with E-state index in [0.717, 1.165) is 10.9 Å². The molecule has 0 saturated carbocycles. The van der Waals surface area contributed by atoms with Gasteiger partial charge in [0.05, 0.1) is 0 Å². The number of aryl methyl sites for hydroxylation is 1. The van der Waals surface area contributed by atoms with Crippen LogP contribution in [0, 0.1) is 6.92 Å². The number of fused-ring (bicyclic) bond motifs is 1. The molecule has 2 aromatic rings. The van der Waals surface area contributed by atoms with Crippen LogP contribution in [0.5, 0.6) is 5.75 Å². The fourth-order valence-corrected chi connectivity index (χ4v) is 1.31. The molecule has 1 heterocycles. The van der Waals surface area contributed by atoms with Crippen molar-refractivity contribution in [1.82, 2.24) is 0 Å². The van der Waals surface area contributed by atoms with Crippen molar-refractivity contribution in [2.45, 2.75) is 6.92 Å². The Morgan fingerprint density at radius 2 is 2.08 bits per heavy atom. The molecule has 1 aromatic carbocycles. The van der Waals surface area contributed by atoms with Crippen LogP contribution >= 0.6 is 0 Å². The normalized spacial score (nSPS) is 10.5. The van der Waals surface area contributed by atoms with Gasteiger partial charge in [-0.05, 0) is 24.6 Å². The molecule has 0 amide bonds. The van der Waals surface area contributed by atoms with Crippen LogP contribution in [0.2, 0.25) is 0 Å². The maximum atomic E-state index is 11.0. The number of rotatable bonds is 0. The van der Waals surface area contributed by atoms with E-state index in [2.05, 4.69) is 0 Å². The Morgan fingerprint density at radius 1 is 1.31 bits per heavy atom. The van der Waals surface area contributed by atoms with E-state index in [1.54, 1.807) is 12.1 Å². The molecule has 1 aromatic heterocycles. The molecule has 66 valence electrons. The van der Waals surface area contributed by atoms with Gasteiger partial charge in [0.15, 0.2) is 0 Å². The topological polar surface area (TPSA) is 50.4 Å². The van der Waals surface area contributed by atoms with Gasteiger partial charge in [0.25, 0.3) is 0 Å². The van der Waals surface area contributed by atoms with Crippen molar-refractivity contribution in [1.29, 1.82) is 0 Å². The second kappa shape index (κ2) is 2.62. The Hall–Kier alpha value is -1.77. The maximum Gasteiger partial charge on any atom is 0.336 e. The second-order valence-electron chi connectivity index (χ2n) is 2.93. The van der Waals surface area contributed by atoms with Gasteiger partial charge in [-0.2, -0.15) is 0 Å². The van der Waals surface area contributed by atoms with Gasteiger partial charge in [0.1, 0.15) is 11.3 Å². The molecule has 0 fully saturated rings. The monoisotopic (exact) mass is 178 g/mol. The average Bonchev–Trinajstić information content (AvgIpc) is 2.02. The molecule has 0 spiro atoms. The Balaban J connectivity index is 2.94. The molecule has 2 rings (SSSR count). The third-order valence-corrected chi connectivity index (χ3v) is 1.93. The van der Waals surface area contributed by atoms with Crippen LogP contribution in [0.25, 0.3) is 11.0 Å². The third kappa shape index (κ3) is 1.28. The van der Waals surface area contributed by atoms with Gasteiger partial charge >= 0.3 is 5.63 Å². The highest BCUT2D eigenvalue weighted by Gasteiger charge is 2.01. The van der Waals surface area contributed by atoms with Crippen LogP contribution < -0.4 is 5.63 Å². The first-order valence-corrected chi connectivity index (χ1v) is 3.90. The van der Waals surface area contributed by atoms with Crippen LogP contribution in [0.1, 0.15) is 5.56 Å². The van der Waals surface area contributed by atoms with Crippen molar-refractivity contribution >= 4 is 11.0 Å². The molecule has 0 aliphatic carbocycles. The summed E-state index contributed by atoms with van der Waals surface area (Å²) in [6.45, 7) is 1.83. The Morgan fingerprint density at radius 3 is 2.85 bits per heavy atom. The van der Waals surface area contributed by atoms with E-state index in [1.165, 1.54) is 12.1 Å². The molecule has 0 saturated heterocycles.